The third kappa shape index (κ3) is 4.51. The van der Waals surface area contributed by atoms with E-state index in [-0.39, 0.29) is 18.1 Å². The van der Waals surface area contributed by atoms with Crippen molar-refractivity contribution < 1.29 is 19.0 Å². The number of hydrogen-bond donors (Lipinski definition) is 0. The molecule has 2 aromatic rings. The van der Waals surface area contributed by atoms with E-state index in [1.54, 1.807) is 36.7 Å². The molecule has 2 aromatic heterocycles. The summed E-state index contributed by atoms with van der Waals surface area (Å²) in [5.41, 5.74) is 0.590. The smallest absolute Gasteiger partial charge is 0.254 e. The minimum Gasteiger partial charge on any atom is -0.473 e. The number of nitrogens with zero attached hydrogens (tertiary/aromatic N) is 4. The van der Waals surface area contributed by atoms with E-state index in [0.717, 1.165) is 19.3 Å². The summed E-state index contributed by atoms with van der Waals surface area (Å²) in [5, 5.41) is 7.76. The van der Waals surface area contributed by atoms with Gasteiger partial charge in [-0.2, -0.15) is 5.10 Å². The van der Waals surface area contributed by atoms with Gasteiger partial charge in [-0.15, -0.1) is 5.10 Å². The van der Waals surface area contributed by atoms with Crippen molar-refractivity contribution in [1.29, 1.82) is 0 Å². The van der Waals surface area contributed by atoms with Crippen molar-refractivity contribution in [3.63, 3.8) is 0 Å². The molecule has 0 spiro atoms. The van der Waals surface area contributed by atoms with Crippen molar-refractivity contribution in [2.24, 2.45) is 0 Å². The molecular formula is C19H22N4O4. The highest BCUT2D eigenvalue weighted by atomic mass is 16.5. The van der Waals surface area contributed by atoms with Gasteiger partial charge in [0.15, 0.2) is 0 Å². The molecule has 8 heteroatoms. The normalized spacial score (nSPS) is 20.4. The number of hydrogen-bond acceptors (Lipinski definition) is 7. The fourth-order valence-electron chi connectivity index (χ4n) is 3.26. The van der Waals surface area contributed by atoms with E-state index in [2.05, 4.69) is 15.2 Å². The van der Waals surface area contributed by atoms with Crippen molar-refractivity contribution in [1.82, 2.24) is 20.1 Å². The molecule has 8 nitrogen and oxygen atoms in total. The molecule has 0 aromatic carbocycles. The monoisotopic (exact) mass is 370 g/mol. The van der Waals surface area contributed by atoms with Crippen LogP contribution in [0.4, 0.5) is 0 Å². The Morgan fingerprint density at radius 3 is 2.67 bits per heavy atom. The topological polar surface area (TPSA) is 86.7 Å². The van der Waals surface area contributed by atoms with E-state index < -0.39 is 0 Å². The predicted molar refractivity (Wildman–Crippen MR) is 95.7 cm³/mol. The Balaban J connectivity index is 1.32. The Labute approximate surface area is 157 Å². The van der Waals surface area contributed by atoms with E-state index in [1.165, 1.54) is 0 Å². The quantitative estimate of drug-likeness (QED) is 0.792. The van der Waals surface area contributed by atoms with E-state index in [1.807, 2.05) is 4.90 Å². The summed E-state index contributed by atoms with van der Waals surface area (Å²) in [6.07, 6.45) is 5.65. The molecule has 1 unspecified atom stereocenters. The maximum absolute atomic E-state index is 12.8. The first kappa shape index (κ1) is 17.7. The van der Waals surface area contributed by atoms with Crippen LogP contribution < -0.4 is 9.47 Å². The van der Waals surface area contributed by atoms with Crippen molar-refractivity contribution >= 4 is 5.91 Å². The number of carbonyl (C=O) groups is 1. The molecule has 142 valence electrons. The number of likely N-dealkylation sites (tertiary alicyclic amines) is 1. The van der Waals surface area contributed by atoms with Gasteiger partial charge in [0.25, 0.3) is 5.91 Å². The second kappa shape index (κ2) is 8.30. The molecule has 2 fully saturated rings. The Bertz CT molecular complexity index is 759. The molecule has 2 aliphatic rings. The van der Waals surface area contributed by atoms with Gasteiger partial charge in [0.05, 0.1) is 13.2 Å². The highest BCUT2D eigenvalue weighted by molar-refractivity contribution is 5.94. The van der Waals surface area contributed by atoms with E-state index in [0.29, 0.717) is 43.6 Å². The Morgan fingerprint density at radius 2 is 1.93 bits per heavy atom. The van der Waals surface area contributed by atoms with Crippen LogP contribution in [-0.2, 0) is 4.74 Å². The molecule has 2 aliphatic heterocycles. The Morgan fingerprint density at radius 1 is 1.07 bits per heavy atom. The Hall–Kier alpha value is -2.74. The SMILES string of the molecule is O=C(c1ccnc(OC2CCOC2)c1)N1CCC(Oc2cccnn2)CC1. The second-order valence-corrected chi connectivity index (χ2v) is 6.66. The molecule has 0 bridgehead atoms. The summed E-state index contributed by atoms with van der Waals surface area (Å²) < 4.78 is 16.9. The number of pyridine rings is 1. The first-order chi connectivity index (χ1) is 13.3. The summed E-state index contributed by atoms with van der Waals surface area (Å²) in [6.45, 7) is 2.55. The minimum atomic E-state index is -0.0112. The molecule has 0 aliphatic carbocycles. The Kier molecular flexibility index (Phi) is 5.43. The van der Waals surface area contributed by atoms with Gasteiger partial charge < -0.3 is 19.1 Å². The van der Waals surface area contributed by atoms with Crippen LogP contribution >= 0.6 is 0 Å². The van der Waals surface area contributed by atoms with Crippen LogP contribution in [-0.4, -0.2) is 64.5 Å². The maximum Gasteiger partial charge on any atom is 0.254 e. The van der Waals surface area contributed by atoms with Gasteiger partial charge in [-0.05, 0) is 12.1 Å². The summed E-state index contributed by atoms with van der Waals surface area (Å²) in [7, 11) is 0. The molecule has 0 N–H and O–H groups in total. The number of amides is 1. The van der Waals surface area contributed by atoms with E-state index >= 15 is 0 Å². The van der Waals surface area contributed by atoms with Crippen molar-refractivity contribution in [3.05, 3.63) is 42.2 Å². The zero-order chi connectivity index (χ0) is 18.5. The average Bonchev–Trinajstić information content (AvgIpc) is 3.22. The molecule has 27 heavy (non-hydrogen) atoms. The lowest BCUT2D eigenvalue weighted by atomic mass is 10.1. The third-order valence-corrected chi connectivity index (χ3v) is 4.72. The number of aromatic nitrogens is 3. The van der Waals surface area contributed by atoms with Crippen LogP contribution in [0.3, 0.4) is 0 Å². The van der Waals surface area contributed by atoms with Crippen LogP contribution in [0.1, 0.15) is 29.6 Å². The summed E-state index contributed by atoms with van der Waals surface area (Å²) in [6, 6.07) is 7.02. The van der Waals surface area contributed by atoms with Crippen LogP contribution in [0.5, 0.6) is 11.8 Å². The van der Waals surface area contributed by atoms with E-state index in [9.17, 15) is 4.79 Å². The number of carbonyl (C=O) groups excluding carboxylic acids is 1. The van der Waals surface area contributed by atoms with Crippen molar-refractivity contribution in [2.75, 3.05) is 26.3 Å². The van der Waals surface area contributed by atoms with Gasteiger partial charge in [0.2, 0.25) is 11.8 Å². The zero-order valence-corrected chi connectivity index (χ0v) is 15.0. The largest absolute Gasteiger partial charge is 0.473 e. The average molecular weight is 370 g/mol. The molecule has 0 saturated carbocycles. The summed E-state index contributed by atoms with van der Waals surface area (Å²) in [5.74, 6) is 0.981. The van der Waals surface area contributed by atoms with Gasteiger partial charge in [-0.1, -0.05) is 0 Å². The van der Waals surface area contributed by atoms with Gasteiger partial charge >= 0.3 is 0 Å². The highest BCUT2D eigenvalue weighted by Gasteiger charge is 2.26. The first-order valence-electron chi connectivity index (χ1n) is 9.22. The van der Waals surface area contributed by atoms with Crippen molar-refractivity contribution in [3.8, 4) is 11.8 Å². The molecule has 2 saturated heterocycles. The fourth-order valence-corrected chi connectivity index (χ4v) is 3.26. The lowest BCUT2D eigenvalue weighted by molar-refractivity contribution is 0.0585. The first-order valence-corrected chi connectivity index (χ1v) is 9.22. The van der Waals surface area contributed by atoms with Gasteiger partial charge in [-0.3, -0.25) is 4.79 Å². The van der Waals surface area contributed by atoms with Gasteiger partial charge in [0.1, 0.15) is 12.2 Å². The third-order valence-electron chi connectivity index (χ3n) is 4.72. The molecule has 0 radical (unpaired) electrons. The molecule has 1 amide bonds. The van der Waals surface area contributed by atoms with E-state index in [4.69, 9.17) is 14.2 Å². The molecular weight excluding hydrogens is 348 g/mol. The number of ether oxygens (including phenoxy) is 3. The minimum absolute atomic E-state index is 0.0110. The lowest BCUT2D eigenvalue weighted by Gasteiger charge is -2.31. The van der Waals surface area contributed by atoms with Crippen LogP contribution in [0.25, 0.3) is 0 Å². The van der Waals surface area contributed by atoms with Crippen LogP contribution in [0.2, 0.25) is 0 Å². The van der Waals surface area contributed by atoms with Crippen LogP contribution in [0.15, 0.2) is 36.7 Å². The van der Waals surface area contributed by atoms with Crippen LogP contribution in [0, 0.1) is 0 Å². The standard InChI is InChI=1S/C19H22N4O4/c24-19(14-3-8-20-18(12-14)27-16-6-11-25-13-16)23-9-4-15(5-10-23)26-17-2-1-7-21-22-17/h1-3,7-8,12,15-16H,4-6,9-11,13H2. The highest BCUT2D eigenvalue weighted by Crippen LogP contribution is 2.20. The predicted octanol–water partition coefficient (Wildman–Crippen LogP) is 1.72. The fraction of sp³-hybridized carbons (Fsp3) is 0.474. The number of rotatable bonds is 5. The summed E-state index contributed by atoms with van der Waals surface area (Å²) >= 11 is 0. The van der Waals surface area contributed by atoms with Gasteiger partial charge in [-0.25, -0.2) is 4.98 Å². The van der Waals surface area contributed by atoms with Gasteiger partial charge in [0, 0.05) is 62.4 Å². The number of piperidine rings is 1. The summed E-state index contributed by atoms with van der Waals surface area (Å²) in [4.78, 5) is 18.9. The molecule has 4 rings (SSSR count). The molecule has 1 atom stereocenters. The maximum atomic E-state index is 12.8. The van der Waals surface area contributed by atoms with Crippen molar-refractivity contribution in [2.45, 2.75) is 31.5 Å². The lowest BCUT2D eigenvalue weighted by Crippen LogP contribution is -2.41. The zero-order valence-electron chi connectivity index (χ0n) is 15.0. The second-order valence-electron chi connectivity index (χ2n) is 6.66. The molecule has 4 heterocycles.